The number of esters is 1. The first-order valence-corrected chi connectivity index (χ1v) is 8.29. The molecule has 0 aromatic heterocycles. The molecule has 0 radical (unpaired) electrons. The van der Waals surface area contributed by atoms with Crippen molar-refractivity contribution in [3.8, 4) is 0 Å². The molecule has 0 heterocycles. The maximum Gasteiger partial charge on any atom is 0.323 e. The van der Waals surface area contributed by atoms with E-state index in [0.29, 0.717) is 0 Å². The molecule has 1 fully saturated rings. The Morgan fingerprint density at radius 2 is 1.64 bits per heavy atom. The van der Waals surface area contributed by atoms with Crippen LogP contribution in [0.5, 0.6) is 0 Å². The van der Waals surface area contributed by atoms with Crippen molar-refractivity contribution in [3.05, 3.63) is 0 Å². The lowest BCUT2D eigenvalue weighted by molar-refractivity contribution is -0.146. The van der Waals surface area contributed by atoms with Gasteiger partial charge >= 0.3 is 5.97 Å². The highest BCUT2D eigenvalue weighted by Crippen LogP contribution is 2.30. The normalized spacial score (nSPS) is 19.6. The van der Waals surface area contributed by atoms with Crippen molar-refractivity contribution in [1.82, 2.24) is 10.6 Å². The van der Waals surface area contributed by atoms with Crippen LogP contribution in [0.3, 0.4) is 0 Å². The first-order valence-electron chi connectivity index (χ1n) is 8.29. The molecule has 0 bridgehead atoms. The van der Waals surface area contributed by atoms with Crippen LogP contribution in [0.25, 0.3) is 0 Å². The van der Waals surface area contributed by atoms with E-state index in [9.17, 15) is 9.59 Å². The molecule has 1 rings (SSSR count). The number of nitrogens with one attached hydrogen (secondary N) is 2. The van der Waals surface area contributed by atoms with Crippen LogP contribution in [0.1, 0.15) is 66.7 Å². The fourth-order valence-corrected chi connectivity index (χ4v) is 2.97. The molecule has 5 nitrogen and oxygen atoms in total. The summed E-state index contributed by atoms with van der Waals surface area (Å²) in [7, 11) is 1.39. The van der Waals surface area contributed by atoms with E-state index in [1.165, 1.54) is 7.11 Å². The van der Waals surface area contributed by atoms with E-state index in [4.69, 9.17) is 4.74 Å². The minimum atomic E-state index is -0.672. The summed E-state index contributed by atoms with van der Waals surface area (Å²) in [6.45, 7) is 9.85. The van der Waals surface area contributed by atoms with Crippen LogP contribution in [0.15, 0.2) is 0 Å². The number of methoxy groups -OCH3 is 1. The van der Waals surface area contributed by atoms with Crippen LogP contribution in [-0.2, 0) is 14.3 Å². The zero-order chi connectivity index (χ0) is 17.0. The van der Waals surface area contributed by atoms with Crippen LogP contribution in [0.2, 0.25) is 0 Å². The molecule has 0 saturated heterocycles. The van der Waals surface area contributed by atoms with E-state index in [1.807, 2.05) is 34.6 Å². The second-order valence-corrected chi connectivity index (χ2v) is 7.74. The van der Waals surface area contributed by atoms with Crippen molar-refractivity contribution in [2.45, 2.75) is 83.8 Å². The van der Waals surface area contributed by atoms with Crippen LogP contribution < -0.4 is 10.6 Å². The summed E-state index contributed by atoms with van der Waals surface area (Å²) in [6, 6.07) is -0.464. The number of ether oxygens (including phenoxy) is 1. The van der Waals surface area contributed by atoms with Gasteiger partial charge in [-0.2, -0.15) is 0 Å². The van der Waals surface area contributed by atoms with Gasteiger partial charge < -0.3 is 10.1 Å². The highest BCUT2D eigenvalue weighted by atomic mass is 16.5. The minimum absolute atomic E-state index is 0.00532. The SMILES string of the molecule is COC(=O)[C@@H](NC1(C(=O)NC(C)(C)C)CCCCC1)C(C)C. The number of rotatable bonds is 5. The van der Waals surface area contributed by atoms with Crippen molar-refractivity contribution in [3.63, 3.8) is 0 Å². The van der Waals surface area contributed by atoms with E-state index in [-0.39, 0.29) is 23.3 Å². The maximum absolute atomic E-state index is 12.9. The third kappa shape index (κ3) is 4.97. The number of carbonyl (C=O) groups excluding carboxylic acids is 2. The van der Waals surface area contributed by atoms with Gasteiger partial charge in [-0.3, -0.25) is 14.9 Å². The number of hydrogen-bond acceptors (Lipinski definition) is 4. The topological polar surface area (TPSA) is 67.4 Å². The van der Waals surface area contributed by atoms with Crippen LogP contribution in [0.4, 0.5) is 0 Å². The zero-order valence-electron chi connectivity index (χ0n) is 14.9. The van der Waals surface area contributed by atoms with Crippen molar-refractivity contribution in [2.24, 2.45) is 5.92 Å². The molecule has 0 unspecified atom stereocenters. The molecule has 0 spiro atoms. The lowest BCUT2D eigenvalue weighted by Gasteiger charge is -2.41. The Kier molecular flexibility index (Phi) is 6.41. The van der Waals surface area contributed by atoms with Gasteiger partial charge in [0.05, 0.1) is 12.6 Å². The largest absolute Gasteiger partial charge is 0.468 e. The van der Waals surface area contributed by atoms with Gasteiger partial charge in [0.1, 0.15) is 6.04 Å². The van der Waals surface area contributed by atoms with Gasteiger partial charge in [-0.25, -0.2) is 0 Å². The summed E-state index contributed by atoms with van der Waals surface area (Å²) < 4.78 is 4.91. The van der Waals surface area contributed by atoms with Crippen LogP contribution in [0, 0.1) is 5.92 Å². The van der Waals surface area contributed by atoms with E-state index >= 15 is 0 Å². The number of carbonyl (C=O) groups is 2. The third-order valence-corrected chi connectivity index (χ3v) is 4.18. The highest BCUT2D eigenvalue weighted by Gasteiger charge is 2.44. The Hall–Kier alpha value is -1.10. The molecule has 0 aliphatic heterocycles. The number of hydrogen-bond donors (Lipinski definition) is 2. The molecule has 22 heavy (non-hydrogen) atoms. The lowest BCUT2D eigenvalue weighted by Crippen LogP contribution is -2.65. The first-order chi connectivity index (χ1) is 10.1. The molecule has 1 aliphatic rings. The lowest BCUT2D eigenvalue weighted by atomic mass is 9.79. The molecule has 128 valence electrons. The summed E-state index contributed by atoms with van der Waals surface area (Å²) in [5.41, 5.74) is -0.962. The predicted molar refractivity (Wildman–Crippen MR) is 87.5 cm³/mol. The summed E-state index contributed by atoms with van der Waals surface area (Å²) in [6.07, 6.45) is 4.65. The molecule has 1 aliphatic carbocycles. The highest BCUT2D eigenvalue weighted by molar-refractivity contribution is 5.88. The molecule has 1 amide bonds. The maximum atomic E-state index is 12.9. The van der Waals surface area contributed by atoms with Gasteiger partial charge in [-0.15, -0.1) is 0 Å². The van der Waals surface area contributed by atoms with Crippen molar-refractivity contribution in [2.75, 3.05) is 7.11 Å². The standard InChI is InChI=1S/C17H32N2O3/c1-12(2)13(14(20)22-6)18-17(10-8-7-9-11-17)15(21)19-16(3,4)5/h12-13,18H,7-11H2,1-6H3,(H,19,21)/t13-/m0/s1. The average Bonchev–Trinajstić information content (AvgIpc) is 2.43. The zero-order valence-corrected chi connectivity index (χ0v) is 14.9. The van der Waals surface area contributed by atoms with E-state index in [0.717, 1.165) is 32.1 Å². The first kappa shape index (κ1) is 18.9. The van der Waals surface area contributed by atoms with E-state index in [2.05, 4.69) is 10.6 Å². The monoisotopic (exact) mass is 312 g/mol. The van der Waals surface area contributed by atoms with Gasteiger partial charge in [-0.1, -0.05) is 33.1 Å². The van der Waals surface area contributed by atoms with Crippen LogP contribution >= 0.6 is 0 Å². The smallest absolute Gasteiger partial charge is 0.323 e. The molecule has 2 N–H and O–H groups in total. The van der Waals surface area contributed by atoms with Crippen LogP contribution in [-0.4, -0.2) is 36.1 Å². The molecule has 1 saturated carbocycles. The Morgan fingerprint density at radius 3 is 2.05 bits per heavy atom. The Morgan fingerprint density at radius 1 is 1.09 bits per heavy atom. The fourth-order valence-electron chi connectivity index (χ4n) is 2.97. The third-order valence-electron chi connectivity index (χ3n) is 4.18. The summed E-state index contributed by atoms with van der Waals surface area (Å²) >= 11 is 0. The Balaban J connectivity index is 3.00. The van der Waals surface area contributed by atoms with Gasteiger partial charge in [-0.05, 0) is 39.5 Å². The fraction of sp³-hybridized carbons (Fsp3) is 0.882. The Bertz CT molecular complexity index is 393. The molecule has 0 aromatic carbocycles. The predicted octanol–water partition coefficient (Wildman–Crippen LogP) is 2.39. The second kappa shape index (κ2) is 7.44. The Labute approximate surface area is 134 Å². The molecule has 1 atom stereocenters. The second-order valence-electron chi connectivity index (χ2n) is 7.74. The molecular weight excluding hydrogens is 280 g/mol. The average molecular weight is 312 g/mol. The van der Waals surface area contributed by atoms with E-state index < -0.39 is 11.6 Å². The van der Waals surface area contributed by atoms with Crippen molar-refractivity contribution in [1.29, 1.82) is 0 Å². The van der Waals surface area contributed by atoms with E-state index in [1.54, 1.807) is 0 Å². The molecule has 0 aromatic rings. The van der Waals surface area contributed by atoms with Crippen molar-refractivity contribution < 1.29 is 14.3 Å². The van der Waals surface area contributed by atoms with Gasteiger partial charge in [0.15, 0.2) is 0 Å². The molecular formula is C17H32N2O3. The summed E-state index contributed by atoms with van der Waals surface area (Å²) in [5.74, 6) is -0.244. The summed E-state index contributed by atoms with van der Waals surface area (Å²) in [4.78, 5) is 24.9. The molecule has 5 heteroatoms. The summed E-state index contributed by atoms with van der Waals surface area (Å²) in [5, 5.41) is 6.43. The van der Waals surface area contributed by atoms with Crippen molar-refractivity contribution >= 4 is 11.9 Å². The van der Waals surface area contributed by atoms with Gasteiger partial charge in [0.25, 0.3) is 0 Å². The van der Waals surface area contributed by atoms with Gasteiger partial charge in [0.2, 0.25) is 5.91 Å². The van der Waals surface area contributed by atoms with Gasteiger partial charge in [0, 0.05) is 5.54 Å². The number of amides is 1. The minimum Gasteiger partial charge on any atom is -0.468 e. The quantitative estimate of drug-likeness (QED) is 0.765.